The lowest BCUT2D eigenvalue weighted by molar-refractivity contribution is -0.142. The number of carbonyl (C=O) groups excluding carboxylic acids is 2. The first-order valence-electron chi connectivity index (χ1n) is 12.2. The van der Waals surface area contributed by atoms with Gasteiger partial charge in [0.2, 0.25) is 5.91 Å². The fourth-order valence-corrected chi connectivity index (χ4v) is 3.89. The smallest absolute Gasteiger partial charge is 0.410 e. The summed E-state index contributed by atoms with van der Waals surface area (Å²) in [6.45, 7) is 6.39. The Kier molecular flexibility index (Phi) is 10.8. The maximum atomic E-state index is 12.6. The van der Waals surface area contributed by atoms with Gasteiger partial charge in [0.25, 0.3) is 0 Å². The predicted molar refractivity (Wildman–Crippen MR) is 133 cm³/mol. The second-order valence-electron chi connectivity index (χ2n) is 10.0. The SMILES string of the molecule is CC(C)(C)OC(=O)N1CCC[C@H](CC(=O)N[C@@H](Cc2ccc(C#CCCCC(=O)O)cc2)C(=O)O)C1. The predicted octanol–water partition coefficient (Wildman–Crippen LogP) is 3.44. The van der Waals surface area contributed by atoms with Crippen molar-refractivity contribution in [3.8, 4) is 11.8 Å². The van der Waals surface area contributed by atoms with Crippen LogP contribution in [0.25, 0.3) is 0 Å². The molecule has 0 aliphatic carbocycles. The van der Waals surface area contributed by atoms with Gasteiger partial charge in [-0.1, -0.05) is 24.0 Å². The molecule has 2 rings (SSSR count). The average Bonchev–Trinajstić information content (AvgIpc) is 2.78. The van der Waals surface area contributed by atoms with Gasteiger partial charge in [0.1, 0.15) is 11.6 Å². The Morgan fingerprint density at radius 3 is 2.47 bits per heavy atom. The van der Waals surface area contributed by atoms with Gasteiger partial charge in [-0.3, -0.25) is 9.59 Å². The van der Waals surface area contributed by atoms with E-state index in [4.69, 9.17) is 9.84 Å². The third kappa shape index (κ3) is 10.8. The highest BCUT2D eigenvalue weighted by Gasteiger charge is 2.29. The number of carboxylic acids is 2. The Bertz CT molecular complexity index is 986. The van der Waals surface area contributed by atoms with Crippen molar-refractivity contribution in [1.29, 1.82) is 0 Å². The summed E-state index contributed by atoms with van der Waals surface area (Å²) in [5.41, 5.74) is 0.896. The molecule has 9 nitrogen and oxygen atoms in total. The molecule has 0 spiro atoms. The number of unbranched alkanes of at least 4 members (excludes halogenated alkanes) is 1. The highest BCUT2D eigenvalue weighted by Crippen LogP contribution is 2.22. The fourth-order valence-electron chi connectivity index (χ4n) is 3.89. The van der Waals surface area contributed by atoms with Crippen LogP contribution in [-0.2, 0) is 25.5 Å². The lowest BCUT2D eigenvalue weighted by Gasteiger charge is -2.34. The van der Waals surface area contributed by atoms with Gasteiger partial charge in [0, 0.05) is 44.3 Å². The first-order valence-corrected chi connectivity index (χ1v) is 12.2. The molecular formula is C27H36N2O7. The van der Waals surface area contributed by atoms with Crippen LogP contribution in [0.2, 0.25) is 0 Å². The van der Waals surface area contributed by atoms with Crippen LogP contribution in [0.3, 0.4) is 0 Å². The van der Waals surface area contributed by atoms with E-state index in [0.29, 0.717) is 25.9 Å². The zero-order valence-corrected chi connectivity index (χ0v) is 21.2. The number of piperidine rings is 1. The Labute approximate surface area is 212 Å². The van der Waals surface area contributed by atoms with Crippen LogP contribution < -0.4 is 5.32 Å². The second kappa shape index (κ2) is 13.5. The number of nitrogens with zero attached hydrogens (tertiary/aromatic N) is 1. The first kappa shape index (κ1) is 28.7. The lowest BCUT2D eigenvalue weighted by atomic mass is 9.94. The molecule has 1 fully saturated rings. The summed E-state index contributed by atoms with van der Waals surface area (Å²) in [6, 6.07) is 6.00. The number of nitrogens with one attached hydrogen (secondary N) is 1. The monoisotopic (exact) mass is 500 g/mol. The van der Waals surface area contributed by atoms with Gasteiger partial charge < -0.3 is 25.2 Å². The lowest BCUT2D eigenvalue weighted by Crippen LogP contribution is -2.46. The number of hydrogen-bond acceptors (Lipinski definition) is 5. The molecule has 0 unspecified atom stereocenters. The molecule has 1 aromatic rings. The number of ether oxygens (including phenoxy) is 1. The van der Waals surface area contributed by atoms with Crippen molar-refractivity contribution in [2.24, 2.45) is 5.92 Å². The van der Waals surface area contributed by atoms with Crippen LogP contribution in [0.15, 0.2) is 24.3 Å². The maximum Gasteiger partial charge on any atom is 0.410 e. The van der Waals surface area contributed by atoms with E-state index in [-0.39, 0.29) is 31.1 Å². The summed E-state index contributed by atoms with van der Waals surface area (Å²) in [5, 5.41) is 20.9. The molecule has 36 heavy (non-hydrogen) atoms. The quantitative estimate of drug-likeness (QED) is 0.349. The van der Waals surface area contributed by atoms with E-state index in [1.165, 1.54) is 0 Å². The molecular weight excluding hydrogens is 464 g/mol. The van der Waals surface area contributed by atoms with E-state index in [2.05, 4.69) is 17.2 Å². The first-order chi connectivity index (χ1) is 16.9. The van der Waals surface area contributed by atoms with E-state index in [9.17, 15) is 24.3 Å². The number of likely N-dealkylation sites (tertiary alicyclic amines) is 1. The van der Waals surface area contributed by atoms with Gasteiger partial charge in [-0.25, -0.2) is 9.59 Å². The largest absolute Gasteiger partial charge is 0.481 e. The number of benzene rings is 1. The molecule has 0 aromatic heterocycles. The molecule has 0 radical (unpaired) electrons. The standard InChI is InChI=1S/C27H36N2O7/c1-27(2,3)36-26(35)29-15-7-9-21(18-29)17-23(30)28-22(25(33)34)16-20-13-11-19(12-14-20)8-5-4-6-10-24(31)32/h11-14,21-22H,4,6-7,9-10,15-18H2,1-3H3,(H,28,30)(H,31,32)(H,33,34)/t21-,22+/m1/s1. The number of aliphatic carboxylic acids is 2. The number of carbonyl (C=O) groups is 4. The zero-order chi connectivity index (χ0) is 26.7. The van der Waals surface area contributed by atoms with Crippen molar-refractivity contribution in [2.75, 3.05) is 13.1 Å². The molecule has 2 amide bonds. The van der Waals surface area contributed by atoms with Gasteiger partial charge in [-0.15, -0.1) is 0 Å². The Morgan fingerprint density at radius 2 is 1.86 bits per heavy atom. The minimum absolute atomic E-state index is 0.0610. The third-order valence-corrected chi connectivity index (χ3v) is 5.60. The summed E-state index contributed by atoms with van der Waals surface area (Å²) in [6.07, 6.45) is 2.46. The van der Waals surface area contributed by atoms with Crippen LogP contribution in [0.5, 0.6) is 0 Å². The van der Waals surface area contributed by atoms with Gasteiger partial charge in [-0.2, -0.15) is 0 Å². The van der Waals surface area contributed by atoms with Gasteiger partial charge in [0.15, 0.2) is 0 Å². The van der Waals surface area contributed by atoms with Crippen LogP contribution >= 0.6 is 0 Å². The molecule has 1 aliphatic heterocycles. The molecule has 9 heteroatoms. The maximum absolute atomic E-state index is 12.6. The topological polar surface area (TPSA) is 133 Å². The molecule has 3 N–H and O–H groups in total. The molecule has 196 valence electrons. The summed E-state index contributed by atoms with van der Waals surface area (Å²) < 4.78 is 5.42. The molecule has 0 bridgehead atoms. The molecule has 2 atom stereocenters. The molecule has 1 heterocycles. The van der Waals surface area contributed by atoms with Crippen molar-refractivity contribution < 1.29 is 34.1 Å². The van der Waals surface area contributed by atoms with Crippen LogP contribution in [0.1, 0.15) is 70.4 Å². The Balaban J connectivity index is 1.87. The Hall–Kier alpha value is -3.54. The fraction of sp³-hybridized carbons (Fsp3) is 0.556. The third-order valence-electron chi connectivity index (χ3n) is 5.60. The number of carboxylic acid groups (broad SMARTS) is 2. The van der Waals surface area contributed by atoms with E-state index in [1.54, 1.807) is 49.9 Å². The second-order valence-corrected chi connectivity index (χ2v) is 10.0. The van der Waals surface area contributed by atoms with Crippen molar-refractivity contribution in [3.63, 3.8) is 0 Å². The number of hydrogen-bond donors (Lipinski definition) is 3. The minimum atomic E-state index is -1.12. The average molecular weight is 501 g/mol. The van der Waals surface area contributed by atoms with E-state index >= 15 is 0 Å². The number of rotatable bonds is 9. The van der Waals surface area contributed by atoms with Crippen LogP contribution in [0, 0.1) is 17.8 Å². The van der Waals surface area contributed by atoms with Crippen molar-refractivity contribution >= 4 is 23.9 Å². The number of amides is 2. The van der Waals surface area contributed by atoms with Gasteiger partial charge in [-0.05, 0) is 63.6 Å². The highest BCUT2D eigenvalue weighted by molar-refractivity contribution is 5.84. The summed E-state index contributed by atoms with van der Waals surface area (Å²) >= 11 is 0. The van der Waals surface area contributed by atoms with E-state index in [0.717, 1.165) is 24.0 Å². The van der Waals surface area contributed by atoms with Crippen molar-refractivity contribution in [3.05, 3.63) is 35.4 Å². The van der Waals surface area contributed by atoms with Gasteiger partial charge in [0.05, 0.1) is 0 Å². The Morgan fingerprint density at radius 1 is 1.17 bits per heavy atom. The zero-order valence-electron chi connectivity index (χ0n) is 21.2. The highest BCUT2D eigenvalue weighted by atomic mass is 16.6. The molecule has 0 saturated carbocycles. The molecule has 1 aromatic carbocycles. The van der Waals surface area contributed by atoms with E-state index in [1.807, 2.05) is 0 Å². The summed E-state index contributed by atoms with van der Waals surface area (Å²) in [5.74, 6) is 3.50. The van der Waals surface area contributed by atoms with E-state index < -0.39 is 29.7 Å². The molecule has 1 saturated heterocycles. The summed E-state index contributed by atoms with van der Waals surface area (Å²) in [7, 11) is 0. The van der Waals surface area contributed by atoms with Crippen LogP contribution in [0.4, 0.5) is 4.79 Å². The summed E-state index contributed by atoms with van der Waals surface area (Å²) in [4.78, 5) is 48.9. The molecule has 1 aliphatic rings. The normalized spacial score (nSPS) is 16.3. The van der Waals surface area contributed by atoms with Crippen molar-refractivity contribution in [2.45, 2.75) is 77.4 Å². The van der Waals surface area contributed by atoms with Crippen molar-refractivity contribution in [1.82, 2.24) is 10.2 Å². The minimum Gasteiger partial charge on any atom is -0.481 e. The van der Waals surface area contributed by atoms with Crippen LogP contribution in [-0.4, -0.2) is 63.8 Å². The van der Waals surface area contributed by atoms with Gasteiger partial charge >= 0.3 is 18.0 Å².